The number of hydrogen-bond donors (Lipinski definition) is 1. The summed E-state index contributed by atoms with van der Waals surface area (Å²) >= 11 is 0. The number of rotatable bonds is 3. The average Bonchev–Trinajstić information content (AvgIpc) is 2.68. The Kier molecular flexibility index (Phi) is 4.01. The van der Waals surface area contributed by atoms with Crippen molar-refractivity contribution >= 4 is 5.91 Å². The van der Waals surface area contributed by atoms with Gasteiger partial charge in [0.15, 0.2) is 0 Å². The molecule has 0 bridgehead atoms. The molecule has 1 N–H and O–H groups in total. The molecule has 5 heteroatoms. The Hall–Kier alpha value is -1.36. The second-order valence-electron chi connectivity index (χ2n) is 5.11. The molecule has 2 rings (SSSR count). The van der Waals surface area contributed by atoms with Crippen molar-refractivity contribution < 1.29 is 4.79 Å². The highest BCUT2D eigenvalue weighted by atomic mass is 16.2. The molecular weight excluding hydrogens is 228 g/mol. The second-order valence-corrected chi connectivity index (χ2v) is 5.11. The van der Waals surface area contributed by atoms with E-state index in [0.29, 0.717) is 11.6 Å². The maximum atomic E-state index is 12.4. The predicted octanol–water partition coefficient (Wildman–Crippen LogP) is 0.800. The van der Waals surface area contributed by atoms with Crippen molar-refractivity contribution in [2.75, 3.05) is 26.7 Å². The molecular formula is C13H22N4O. The van der Waals surface area contributed by atoms with E-state index in [-0.39, 0.29) is 5.91 Å². The van der Waals surface area contributed by atoms with Gasteiger partial charge in [0.2, 0.25) is 0 Å². The molecule has 0 aromatic carbocycles. The summed E-state index contributed by atoms with van der Waals surface area (Å²) in [7, 11) is 3.79. The molecule has 1 aromatic rings. The predicted molar refractivity (Wildman–Crippen MR) is 70.5 cm³/mol. The number of aryl methyl sites for hydroxylation is 2. The van der Waals surface area contributed by atoms with Gasteiger partial charge in [-0.15, -0.1) is 0 Å². The van der Waals surface area contributed by atoms with Gasteiger partial charge in [-0.2, -0.15) is 5.10 Å². The molecule has 5 nitrogen and oxygen atoms in total. The lowest BCUT2D eigenvalue weighted by Gasteiger charge is -2.32. The summed E-state index contributed by atoms with van der Waals surface area (Å²) in [5, 5.41) is 7.44. The first kappa shape index (κ1) is 13.1. The number of aromatic nitrogens is 2. The van der Waals surface area contributed by atoms with Crippen molar-refractivity contribution in [2.24, 2.45) is 13.0 Å². The zero-order valence-electron chi connectivity index (χ0n) is 11.4. The second kappa shape index (κ2) is 5.52. The van der Waals surface area contributed by atoms with E-state index in [0.717, 1.165) is 31.7 Å². The third-order valence-corrected chi connectivity index (χ3v) is 3.52. The SMILES string of the molecule is CNCC1CCCN(C(=O)c2cc(C)nn2C)C1. The Morgan fingerprint density at radius 1 is 1.61 bits per heavy atom. The van der Waals surface area contributed by atoms with Crippen LogP contribution in [0.4, 0.5) is 0 Å². The van der Waals surface area contributed by atoms with Crippen LogP contribution in [0.5, 0.6) is 0 Å². The molecule has 0 aliphatic carbocycles. The molecule has 0 spiro atoms. The standard InChI is InChI=1S/C13H22N4O/c1-10-7-12(16(3)15-10)13(18)17-6-4-5-11(9-17)8-14-2/h7,11,14H,4-6,8-9H2,1-3H3. The molecule has 18 heavy (non-hydrogen) atoms. The van der Waals surface area contributed by atoms with Gasteiger partial charge in [-0.3, -0.25) is 9.48 Å². The Labute approximate surface area is 108 Å². The summed E-state index contributed by atoms with van der Waals surface area (Å²) in [6.07, 6.45) is 2.30. The molecule has 0 saturated carbocycles. The molecule has 1 aromatic heterocycles. The third-order valence-electron chi connectivity index (χ3n) is 3.52. The Balaban J connectivity index is 2.06. The van der Waals surface area contributed by atoms with Gasteiger partial charge in [-0.25, -0.2) is 0 Å². The summed E-state index contributed by atoms with van der Waals surface area (Å²) in [5.74, 6) is 0.681. The van der Waals surface area contributed by atoms with Crippen LogP contribution in [-0.4, -0.2) is 47.3 Å². The monoisotopic (exact) mass is 250 g/mol. The van der Waals surface area contributed by atoms with E-state index in [4.69, 9.17) is 0 Å². The third kappa shape index (κ3) is 2.72. The zero-order chi connectivity index (χ0) is 13.1. The molecule has 1 aliphatic rings. The largest absolute Gasteiger partial charge is 0.337 e. The van der Waals surface area contributed by atoms with Crippen LogP contribution in [0.3, 0.4) is 0 Å². The molecule has 1 aliphatic heterocycles. The lowest BCUT2D eigenvalue weighted by molar-refractivity contribution is 0.0663. The van der Waals surface area contributed by atoms with E-state index in [1.807, 2.05) is 32.0 Å². The minimum atomic E-state index is 0.110. The fourth-order valence-electron chi connectivity index (χ4n) is 2.68. The van der Waals surface area contributed by atoms with Crippen molar-refractivity contribution in [2.45, 2.75) is 19.8 Å². The fraction of sp³-hybridized carbons (Fsp3) is 0.692. The number of hydrogen-bond acceptors (Lipinski definition) is 3. The number of likely N-dealkylation sites (tertiary alicyclic amines) is 1. The highest BCUT2D eigenvalue weighted by molar-refractivity contribution is 5.92. The maximum absolute atomic E-state index is 12.4. The van der Waals surface area contributed by atoms with Crippen molar-refractivity contribution in [3.8, 4) is 0 Å². The van der Waals surface area contributed by atoms with Crippen LogP contribution in [0.1, 0.15) is 29.0 Å². The Bertz CT molecular complexity index is 425. The van der Waals surface area contributed by atoms with Crippen LogP contribution in [0, 0.1) is 12.8 Å². The molecule has 1 amide bonds. The van der Waals surface area contributed by atoms with Crippen LogP contribution >= 0.6 is 0 Å². The van der Waals surface area contributed by atoms with Crippen molar-refractivity contribution in [3.05, 3.63) is 17.5 Å². The number of amides is 1. The maximum Gasteiger partial charge on any atom is 0.272 e. The van der Waals surface area contributed by atoms with Gasteiger partial charge in [0.05, 0.1) is 5.69 Å². The molecule has 2 heterocycles. The first-order valence-corrected chi connectivity index (χ1v) is 6.56. The Morgan fingerprint density at radius 2 is 2.39 bits per heavy atom. The van der Waals surface area contributed by atoms with Gasteiger partial charge in [-0.1, -0.05) is 0 Å². The van der Waals surface area contributed by atoms with Gasteiger partial charge < -0.3 is 10.2 Å². The van der Waals surface area contributed by atoms with E-state index in [1.54, 1.807) is 4.68 Å². The van der Waals surface area contributed by atoms with Crippen molar-refractivity contribution in [1.82, 2.24) is 20.0 Å². The zero-order valence-corrected chi connectivity index (χ0v) is 11.4. The molecule has 100 valence electrons. The number of nitrogens with zero attached hydrogens (tertiary/aromatic N) is 3. The number of carbonyl (C=O) groups is 1. The first-order valence-electron chi connectivity index (χ1n) is 6.56. The molecule has 0 radical (unpaired) electrons. The number of carbonyl (C=O) groups excluding carboxylic acids is 1. The van der Waals surface area contributed by atoms with Gasteiger partial charge >= 0.3 is 0 Å². The lowest BCUT2D eigenvalue weighted by atomic mass is 9.98. The number of nitrogens with one attached hydrogen (secondary N) is 1. The van der Waals surface area contributed by atoms with Crippen molar-refractivity contribution in [3.63, 3.8) is 0 Å². The van der Waals surface area contributed by atoms with Crippen LogP contribution in [0.25, 0.3) is 0 Å². The summed E-state index contributed by atoms with van der Waals surface area (Å²) in [5.41, 5.74) is 1.59. The molecule has 1 saturated heterocycles. The minimum absolute atomic E-state index is 0.110. The highest BCUT2D eigenvalue weighted by Crippen LogP contribution is 2.18. The first-order chi connectivity index (χ1) is 8.61. The van der Waals surface area contributed by atoms with Crippen LogP contribution in [-0.2, 0) is 7.05 Å². The van der Waals surface area contributed by atoms with Crippen LogP contribution in [0.15, 0.2) is 6.07 Å². The van der Waals surface area contributed by atoms with Gasteiger partial charge in [0.1, 0.15) is 5.69 Å². The van der Waals surface area contributed by atoms with E-state index < -0.39 is 0 Å². The van der Waals surface area contributed by atoms with Gasteiger partial charge in [-0.05, 0) is 45.3 Å². The minimum Gasteiger partial charge on any atom is -0.337 e. The van der Waals surface area contributed by atoms with Crippen molar-refractivity contribution in [1.29, 1.82) is 0 Å². The van der Waals surface area contributed by atoms with E-state index in [9.17, 15) is 4.79 Å². The Morgan fingerprint density at radius 3 is 3.00 bits per heavy atom. The summed E-state index contributed by atoms with van der Waals surface area (Å²) in [4.78, 5) is 14.4. The molecule has 1 fully saturated rings. The number of piperidine rings is 1. The van der Waals surface area contributed by atoms with Crippen LogP contribution in [0.2, 0.25) is 0 Å². The van der Waals surface area contributed by atoms with Crippen LogP contribution < -0.4 is 5.32 Å². The normalized spacial score (nSPS) is 20.2. The fourth-order valence-corrected chi connectivity index (χ4v) is 2.68. The summed E-state index contributed by atoms with van der Waals surface area (Å²) in [6, 6.07) is 1.87. The highest BCUT2D eigenvalue weighted by Gasteiger charge is 2.25. The summed E-state index contributed by atoms with van der Waals surface area (Å²) in [6.45, 7) is 4.61. The van der Waals surface area contributed by atoms with E-state index in [1.165, 1.54) is 6.42 Å². The summed E-state index contributed by atoms with van der Waals surface area (Å²) < 4.78 is 1.68. The topological polar surface area (TPSA) is 50.2 Å². The van der Waals surface area contributed by atoms with E-state index >= 15 is 0 Å². The smallest absolute Gasteiger partial charge is 0.272 e. The average molecular weight is 250 g/mol. The molecule has 1 atom stereocenters. The lowest BCUT2D eigenvalue weighted by Crippen LogP contribution is -2.43. The molecule has 1 unspecified atom stereocenters. The van der Waals surface area contributed by atoms with E-state index in [2.05, 4.69) is 10.4 Å². The quantitative estimate of drug-likeness (QED) is 0.863. The van der Waals surface area contributed by atoms with Gasteiger partial charge in [0, 0.05) is 20.1 Å². The van der Waals surface area contributed by atoms with Gasteiger partial charge in [0.25, 0.3) is 5.91 Å².